The maximum atomic E-state index is 13.5. The van der Waals surface area contributed by atoms with Gasteiger partial charge in [0.1, 0.15) is 5.75 Å². The van der Waals surface area contributed by atoms with Gasteiger partial charge in [-0.2, -0.15) is 0 Å². The molecule has 3 atom stereocenters. The van der Waals surface area contributed by atoms with Gasteiger partial charge in [-0.05, 0) is 84.0 Å². The van der Waals surface area contributed by atoms with Crippen LogP contribution in [0.2, 0.25) is 0 Å². The molecule has 4 aromatic rings. The first-order valence-electron chi connectivity index (χ1n) is 15.6. The smallest absolute Gasteiger partial charge is 0.240 e. The molecule has 1 aliphatic heterocycles. The molecule has 8 heteroatoms. The maximum absolute atomic E-state index is 13.5. The van der Waals surface area contributed by atoms with Crippen LogP contribution in [0.25, 0.3) is 10.8 Å². The molecule has 4 aromatic carbocycles. The highest BCUT2D eigenvalue weighted by atomic mass is 32.2. The minimum absolute atomic E-state index is 0.0199. The number of hydrogen-bond donors (Lipinski definition) is 2. The van der Waals surface area contributed by atoms with Gasteiger partial charge in [-0.25, -0.2) is 13.1 Å². The zero-order valence-corrected chi connectivity index (χ0v) is 26.6. The van der Waals surface area contributed by atoms with Gasteiger partial charge >= 0.3 is 0 Å². The van der Waals surface area contributed by atoms with Crippen molar-refractivity contribution >= 4 is 26.7 Å². The van der Waals surface area contributed by atoms with Crippen molar-refractivity contribution in [3.63, 3.8) is 0 Å². The second-order valence-corrected chi connectivity index (χ2v) is 14.1. The number of methoxy groups -OCH3 is 1. The van der Waals surface area contributed by atoms with E-state index in [9.17, 15) is 13.2 Å². The van der Waals surface area contributed by atoms with Gasteiger partial charge in [-0.3, -0.25) is 9.69 Å². The number of nitrogens with one attached hydrogen (secondary N) is 2. The van der Waals surface area contributed by atoms with Crippen LogP contribution in [0, 0.1) is 11.8 Å². The van der Waals surface area contributed by atoms with Crippen molar-refractivity contribution in [2.45, 2.75) is 42.7 Å². The molecule has 1 aliphatic carbocycles. The highest BCUT2D eigenvalue weighted by Crippen LogP contribution is 2.44. The number of carbonyl (C=O) groups is 1. The summed E-state index contributed by atoms with van der Waals surface area (Å²) in [6.45, 7) is 6.31. The van der Waals surface area contributed by atoms with Gasteiger partial charge in [0.05, 0.1) is 23.5 Å². The van der Waals surface area contributed by atoms with Crippen molar-refractivity contribution in [2.24, 2.45) is 11.8 Å². The zero-order valence-electron chi connectivity index (χ0n) is 25.7. The molecule has 2 N–H and O–H groups in total. The second-order valence-electron chi connectivity index (χ2n) is 12.4. The van der Waals surface area contributed by atoms with E-state index in [4.69, 9.17) is 4.74 Å². The number of likely N-dealkylation sites (tertiary alicyclic amines) is 1. The fourth-order valence-electron chi connectivity index (χ4n) is 6.51. The summed E-state index contributed by atoms with van der Waals surface area (Å²) in [5.41, 5.74) is 2.75. The minimum Gasteiger partial charge on any atom is -0.497 e. The van der Waals surface area contributed by atoms with Crippen LogP contribution in [0.15, 0.2) is 109 Å². The average molecular weight is 624 g/mol. The first-order valence-corrected chi connectivity index (χ1v) is 17.1. The van der Waals surface area contributed by atoms with Crippen molar-refractivity contribution in [1.29, 1.82) is 0 Å². The number of amides is 1. The number of ether oxygens (including phenoxy) is 1. The molecule has 0 aromatic heterocycles. The Kier molecular flexibility index (Phi) is 9.08. The molecule has 0 radical (unpaired) electrons. The molecule has 7 nitrogen and oxygen atoms in total. The summed E-state index contributed by atoms with van der Waals surface area (Å²) in [6, 6.07) is 29.7. The summed E-state index contributed by atoms with van der Waals surface area (Å²) in [5.74, 6) is 0.679. The summed E-state index contributed by atoms with van der Waals surface area (Å²) in [6.07, 6.45) is 4.83. The molecular formula is C37H41N3O4S. The van der Waals surface area contributed by atoms with Crippen LogP contribution in [-0.2, 0) is 34.2 Å². The summed E-state index contributed by atoms with van der Waals surface area (Å²) in [4.78, 5) is 16.1. The monoisotopic (exact) mass is 623 g/mol. The number of sulfonamides is 1. The quantitative estimate of drug-likeness (QED) is 0.192. The number of fused-ring (bicyclic) bond motifs is 1. The third kappa shape index (κ3) is 7.14. The molecule has 1 amide bonds. The van der Waals surface area contributed by atoms with E-state index in [1.54, 1.807) is 25.3 Å². The standard InChI is InChI=1S/C37H41N3O4S/c1-3-32-23-37(32,26-38-45(42,43)34-14-7-11-28(21-34)16-15-27-9-5-4-6-10-27)39-36(41)31-19-20-40(25-31)24-30-13-8-12-29-22-33(44-2)17-18-35(29)30/h3-14,17-18,21-22,31-32,38H,1,15-16,19-20,23-26H2,2H3,(H,39,41)/t31-,32+,37-/m0/s1. The van der Waals surface area contributed by atoms with Crippen LogP contribution in [0.1, 0.15) is 29.5 Å². The zero-order chi connectivity index (χ0) is 31.4. The van der Waals surface area contributed by atoms with Crippen LogP contribution in [0.4, 0.5) is 0 Å². The van der Waals surface area contributed by atoms with Crippen LogP contribution in [0.5, 0.6) is 5.75 Å². The Morgan fingerprint density at radius 3 is 2.56 bits per heavy atom. The molecule has 0 unspecified atom stereocenters. The molecule has 1 heterocycles. The second kappa shape index (κ2) is 13.2. The van der Waals surface area contributed by atoms with E-state index in [-0.39, 0.29) is 29.2 Å². The summed E-state index contributed by atoms with van der Waals surface area (Å²) >= 11 is 0. The fraction of sp³-hybridized carbons (Fsp3) is 0.324. The molecular weight excluding hydrogens is 582 g/mol. The van der Waals surface area contributed by atoms with E-state index in [1.807, 2.05) is 42.5 Å². The van der Waals surface area contributed by atoms with E-state index >= 15 is 0 Å². The SMILES string of the molecule is C=C[C@@H]1C[C@@]1(CNS(=O)(=O)c1cccc(CCc2ccccc2)c1)NC(=O)[C@H]1CCN(Cc2cccc3cc(OC)ccc23)C1. The Morgan fingerprint density at radius 1 is 1.00 bits per heavy atom. The number of aryl methyl sites for hydroxylation is 2. The van der Waals surface area contributed by atoms with Crippen molar-refractivity contribution < 1.29 is 17.9 Å². The van der Waals surface area contributed by atoms with Crippen LogP contribution in [-0.4, -0.2) is 51.5 Å². The van der Waals surface area contributed by atoms with Gasteiger partial charge in [-0.15, -0.1) is 6.58 Å². The largest absolute Gasteiger partial charge is 0.497 e. The molecule has 0 bridgehead atoms. The lowest BCUT2D eigenvalue weighted by Crippen LogP contribution is -2.49. The lowest BCUT2D eigenvalue weighted by molar-refractivity contribution is -0.125. The average Bonchev–Trinajstić information content (AvgIpc) is 3.55. The lowest BCUT2D eigenvalue weighted by Gasteiger charge is -2.22. The number of nitrogens with zero attached hydrogens (tertiary/aromatic N) is 1. The van der Waals surface area contributed by atoms with Gasteiger partial charge in [0.25, 0.3) is 0 Å². The van der Waals surface area contributed by atoms with Gasteiger partial charge in [0.2, 0.25) is 15.9 Å². The van der Waals surface area contributed by atoms with Crippen molar-refractivity contribution in [1.82, 2.24) is 14.9 Å². The predicted octanol–water partition coefficient (Wildman–Crippen LogP) is 5.49. The minimum atomic E-state index is -3.76. The maximum Gasteiger partial charge on any atom is 0.240 e. The van der Waals surface area contributed by atoms with E-state index in [2.05, 4.69) is 57.9 Å². The highest BCUT2D eigenvalue weighted by molar-refractivity contribution is 7.89. The number of benzene rings is 4. The van der Waals surface area contributed by atoms with E-state index in [0.717, 1.165) is 49.1 Å². The van der Waals surface area contributed by atoms with Gasteiger partial charge in [0, 0.05) is 25.6 Å². The Hall–Kier alpha value is -3.98. The lowest BCUT2D eigenvalue weighted by atomic mass is 10.0. The molecule has 234 valence electrons. The third-order valence-corrected chi connectivity index (χ3v) is 10.7. The number of carbonyl (C=O) groups excluding carboxylic acids is 1. The molecule has 0 spiro atoms. The Bertz CT molecular complexity index is 1790. The molecule has 2 fully saturated rings. The normalized spacial score (nSPS) is 21.4. The van der Waals surface area contributed by atoms with E-state index in [0.29, 0.717) is 13.0 Å². The topological polar surface area (TPSA) is 87.7 Å². The first kappa shape index (κ1) is 31.0. The first-order chi connectivity index (χ1) is 21.8. The highest BCUT2D eigenvalue weighted by Gasteiger charge is 2.54. The van der Waals surface area contributed by atoms with Gasteiger partial charge in [0.15, 0.2) is 0 Å². The van der Waals surface area contributed by atoms with E-state index < -0.39 is 15.6 Å². The van der Waals surface area contributed by atoms with Gasteiger partial charge < -0.3 is 10.1 Å². The summed E-state index contributed by atoms with van der Waals surface area (Å²) < 4.78 is 34.9. The van der Waals surface area contributed by atoms with Crippen molar-refractivity contribution in [2.75, 3.05) is 26.7 Å². The summed E-state index contributed by atoms with van der Waals surface area (Å²) in [7, 11) is -2.09. The number of hydrogen-bond acceptors (Lipinski definition) is 5. The van der Waals surface area contributed by atoms with Crippen molar-refractivity contribution in [3.8, 4) is 5.75 Å². The Morgan fingerprint density at radius 2 is 1.78 bits per heavy atom. The fourth-order valence-corrected chi connectivity index (χ4v) is 7.69. The Balaban J connectivity index is 1.06. The van der Waals surface area contributed by atoms with Crippen LogP contribution >= 0.6 is 0 Å². The van der Waals surface area contributed by atoms with Crippen LogP contribution < -0.4 is 14.8 Å². The third-order valence-electron chi connectivity index (χ3n) is 9.34. The number of rotatable bonds is 13. The van der Waals surface area contributed by atoms with Gasteiger partial charge in [-0.1, -0.05) is 72.8 Å². The molecule has 6 rings (SSSR count). The molecule has 1 saturated heterocycles. The molecule has 2 aliphatic rings. The Labute approximate surface area is 266 Å². The van der Waals surface area contributed by atoms with Crippen molar-refractivity contribution in [3.05, 3.63) is 120 Å². The summed E-state index contributed by atoms with van der Waals surface area (Å²) in [5, 5.41) is 5.55. The van der Waals surface area contributed by atoms with Crippen LogP contribution in [0.3, 0.4) is 0 Å². The van der Waals surface area contributed by atoms with E-state index in [1.165, 1.54) is 16.5 Å². The molecule has 1 saturated carbocycles. The molecule has 45 heavy (non-hydrogen) atoms. The predicted molar refractivity (Wildman–Crippen MR) is 179 cm³/mol.